The second kappa shape index (κ2) is 8.00. The molecule has 2 aromatic carbocycles. The maximum atomic E-state index is 12.8. The number of ketones is 1. The van der Waals surface area contributed by atoms with Gasteiger partial charge in [-0.25, -0.2) is 0 Å². The number of benzene rings is 2. The molecule has 2 aromatic rings. The van der Waals surface area contributed by atoms with Crippen LogP contribution in [-0.4, -0.2) is 11.8 Å². The van der Waals surface area contributed by atoms with Gasteiger partial charge in [0.15, 0.2) is 5.78 Å². The van der Waals surface area contributed by atoms with Crippen molar-refractivity contribution in [3.8, 4) is 0 Å². The molecule has 1 atom stereocenters. The van der Waals surface area contributed by atoms with E-state index >= 15 is 0 Å². The number of hydrogen-bond donors (Lipinski definition) is 1. The molecular weight excluding hydrogens is 294 g/mol. The zero-order valence-electron chi connectivity index (χ0n) is 13.1. The Kier molecular flexibility index (Phi) is 6.02. The standard InChI is InChI=1S/C19H22ClNO/c1-3-6-18(21-17-11-9-16(20)10-12-17)19(22)15-8-5-7-14(4-2)13-15/h5,7-13,18,21H,3-4,6H2,1-2H3. The third kappa shape index (κ3) is 4.35. The quantitative estimate of drug-likeness (QED) is 0.696. The Bertz CT molecular complexity index is 622. The fourth-order valence-corrected chi connectivity index (χ4v) is 2.58. The Hall–Kier alpha value is -1.80. The van der Waals surface area contributed by atoms with Crippen LogP contribution in [0.15, 0.2) is 48.5 Å². The van der Waals surface area contributed by atoms with Crippen LogP contribution in [-0.2, 0) is 6.42 Å². The van der Waals surface area contributed by atoms with Crippen LogP contribution in [0, 0.1) is 0 Å². The highest BCUT2D eigenvalue weighted by atomic mass is 35.5. The molecular formula is C19H22ClNO. The molecule has 0 saturated carbocycles. The van der Waals surface area contributed by atoms with Crippen molar-refractivity contribution in [2.75, 3.05) is 5.32 Å². The van der Waals surface area contributed by atoms with E-state index in [4.69, 9.17) is 11.6 Å². The summed E-state index contributed by atoms with van der Waals surface area (Å²) in [5, 5.41) is 4.03. The fraction of sp³-hybridized carbons (Fsp3) is 0.316. The van der Waals surface area contributed by atoms with Gasteiger partial charge in [0.05, 0.1) is 6.04 Å². The Morgan fingerprint density at radius 3 is 2.50 bits per heavy atom. The summed E-state index contributed by atoms with van der Waals surface area (Å²) in [6.07, 6.45) is 2.69. The molecule has 0 fully saturated rings. The minimum atomic E-state index is -0.210. The van der Waals surface area contributed by atoms with E-state index in [9.17, 15) is 4.79 Å². The zero-order valence-corrected chi connectivity index (χ0v) is 13.9. The van der Waals surface area contributed by atoms with E-state index in [-0.39, 0.29) is 11.8 Å². The molecule has 0 aliphatic rings. The first kappa shape index (κ1) is 16.6. The van der Waals surface area contributed by atoms with Crippen LogP contribution in [0.25, 0.3) is 0 Å². The minimum Gasteiger partial charge on any atom is -0.375 e. The van der Waals surface area contributed by atoms with E-state index < -0.39 is 0 Å². The van der Waals surface area contributed by atoms with Gasteiger partial charge in [-0.3, -0.25) is 4.79 Å². The number of Topliss-reactive ketones (excluding diaryl/α,β-unsaturated/α-hetero) is 1. The summed E-state index contributed by atoms with van der Waals surface area (Å²) in [7, 11) is 0. The van der Waals surface area contributed by atoms with E-state index in [0.29, 0.717) is 5.02 Å². The number of anilines is 1. The molecule has 3 heteroatoms. The molecule has 0 aliphatic heterocycles. The lowest BCUT2D eigenvalue weighted by Crippen LogP contribution is -2.29. The van der Waals surface area contributed by atoms with Crippen LogP contribution < -0.4 is 5.32 Å². The highest BCUT2D eigenvalue weighted by Crippen LogP contribution is 2.18. The van der Waals surface area contributed by atoms with Crippen LogP contribution in [0.1, 0.15) is 42.6 Å². The van der Waals surface area contributed by atoms with Crippen LogP contribution in [0.4, 0.5) is 5.69 Å². The van der Waals surface area contributed by atoms with Crippen molar-refractivity contribution in [1.29, 1.82) is 0 Å². The van der Waals surface area contributed by atoms with Crippen LogP contribution in [0.3, 0.4) is 0 Å². The molecule has 0 heterocycles. The van der Waals surface area contributed by atoms with Gasteiger partial charge >= 0.3 is 0 Å². The smallest absolute Gasteiger partial charge is 0.184 e. The average molecular weight is 316 g/mol. The number of halogens is 1. The number of hydrogen-bond acceptors (Lipinski definition) is 2. The van der Waals surface area contributed by atoms with Crippen molar-refractivity contribution < 1.29 is 4.79 Å². The Balaban J connectivity index is 2.18. The number of carbonyl (C=O) groups excluding carboxylic acids is 1. The summed E-state index contributed by atoms with van der Waals surface area (Å²) in [6.45, 7) is 4.19. The van der Waals surface area contributed by atoms with Crippen LogP contribution in [0.5, 0.6) is 0 Å². The van der Waals surface area contributed by atoms with E-state index in [0.717, 1.165) is 30.5 Å². The molecule has 2 nitrogen and oxygen atoms in total. The van der Waals surface area contributed by atoms with Crippen molar-refractivity contribution in [2.45, 2.75) is 39.2 Å². The molecule has 2 rings (SSSR count). The Labute approximate surface area is 137 Å². The summed E-state index contributed by atoms with van der Waals surface area (Å²) in [5.41, 5.74) is 2.88. The van der Waals surface area contributed by atoms with Gasteiger partial charge in [-0.1, -0.05) is 50.1 Å². The van der Waals surface area contributed by atoms with Crippen molar-refractivity contribution in [2.24, 2.45) is 0 Å². The van der Waals surface area contributed by atoms with E-state index in [2.05, 4.69) is 25.2 Å². The lowest BCUT2D eigenvalue weighted by Gasteiger charge is -2.19. The molecule has 1 N–H and O–H groups in total. The monoisotopic (exact) mass is 315 g/mol. The van der Waals surface area contributed by atoms with Crippen LogP contribution in [0.2, 0.25) is 5.02 Å². The highest BCUT2D eigenvalue weighted by molar-refractivity contribution is 6.30. The summed E-state index contributed by atoms with van der Waals surface area (Å²) in [5.74, 6) is 0.145. The molecule has 0 aliphatic carbocycles. The predicted octanol–water partition coefficient (Wildman–Crippen LogP) is 5.37. The molecule has 0 amide bonds. The Morgan fingerprint density at radius 1 is 1.14 bits per heavy atom. The van der Waals surface area contributed by atoms with E-state index in [1.807, 2.05) is 42.5 Å². The zero-order chi connectivity index (χ0) is 15.9. The molecule has 0 aromatic heterocycles. The first-order chi connectivity index (χ1) is 10.6. The number of rotatable bonds is 7. The maximum absolute atomic E-state index is 12.8. The molecule has 0 radical (unpaired) electrons. The average Bonchev–Trinajstić information content (AvgIpc) is 2.56. The SMILES string of the molecule is CCCC(Nc1ccc(Cl)cc1)C(=O)c1cccc(CC)c1. The first-order valence-electron chi connectivity index (χ1n) is 7.79. The Morgan fingerprint density at radius 2 is 1.86 bits per heavy atom. The third-order valence-electron chi connectivity index (χ3n) is 3.70. The van der Waals surface area contributed by atoms with Crippen molar-refractivity contribution in [1.82, 2.24) is 0 Å². The molecule has 1 unspecified atom stereocenters. The van der Waals surface area contributed by atoms with Crippen molar-refractivity contribution in [3.05, 3.63) is 64.7 Å². The van der Waals surface area contributed by atoms with Gasteiger partial charge < -0.3 is 5.32 Å². The van der Waals surface area contributed by atoms with Crippen molar-refractivity contribution in [3.63, 3.8) is 0 Å². The van der Waals surface area contributed by atoms with Gasteiger partial charge in [-0.2, -0.15) is 0 Å². The molecule has 116 valence electrons. The number of carbonyl (C=O) groups is 1. The maximum Gasteiger partial charge on any atom is 0.184 e. The summed E-state index contributed by atoms with van der Waals surface area (Å²) in [6, 6.07) is 15.2. The van der Waals surface area contributed by atoms with E-state index in [1.54, 1.807) is 0 Å². The molecule has 0 saturated heterocycles. The van der Waals surface area contributed by atoms with Gasteiger partial charge in [0.1, 0.15) is 0 Å². The summed E-state index contributed by atoms with van der Waals surface area (Å²) >= 11 is 5.91. The highest BCUT2D eigenvalue weighted by Gasteiger charge is 2.19. The number of aryl methyl sites for hydroxylation is 1. The lowest BCUT2D eigenvalue weighted by molar-refractivity contribution is 0.0965. The fourth-order valence-electron chi connectivity index (χ4n) is 2.45. The second-order valence-electron chi connectivity index (χ2n) is 5.41. The second-order valence-corrected chi connectivity index (χ2v) is 5.85. The predicted molar refractivity (Wildman–Crippen MR) is 93.9 cm³/mol. The van der Waals surface area contributed by atoms with Gasteiger partial charge in [0.2, 0.25) is 0 Å². The van der Waals surface area contributed by atoms with Gasteiger partial charge in [0.25, 0.3) is 0 Å². The topological polar surface area (TPSA) is 29.1 Å². The van der Waals surface area contributed by atoms with Crippen molar-refractivity contribution >= 4 is 23.1 Å². The molecule has 22 heavy (non-hydrogen) atoms. The van der Waals surface area contributed by atoms with E-state index in [1.165, 1.54) is 5.56 Å². The van der Waals surface area contributed by atoms with Gasteiger partial charge in [-0.05, 0) is 48.7 Å². The minimum absolute atomic E-state index is 0.145. The number of nitrogens with one attached hydrogen (secondary N) is 1. The van der Waals surface area contributed by atoms with Gasteiger partial charge in [-0.15, -0.1) is 0 Å². The molecule has 0 spiro atoms. The van der Waals surface area contributed by atoms with Gasteiger partial charge in [0, 0.05) is 16.3 Å². The lowest BCUT2D eigenvalue weighted by atomic mass is 9.98. The first-order valence-corrected chi connectivity index (χ1v) is 8.17. The normalized spacial score (nSPS) is 12.0. The summed E-state index contributed by atoms with van der Waals surface area (Å²) in [4.78, 5) is 12.8. The molecule has 0 bridgehead atoms. The summed E-state index contributed by atoms with van der Waals surface area (Å²) < 4.78 is 0. The third-order valence-corrected chi connectivity index (χ3v) is 3.95. The van der Waals surface area contributed by atoms with Crippen LogP contribution >= 0.6 is 11.6 Å². The largest absolute Gasteiger partial charge is 0.375 e.